The van der Waals surface area contributed by atoms with Gasteiger partial charge in [-0.05, 0) is 31.8 Å². The maximum absolute atomic E-state index is 12.4. The van der Waals surface area contributed by atoms with Crippen LogP contribution in [0.3, 0.4) is 0 Å². The van der Waals surface area contributed by atoms with E-state index in [1.165, 1.54) is 4.90 Å². The highest BCUT2D eigenvalue weighted by atomic mass is 16.3. The molecule has 132 valence electrons. The highest BCUT2D eigenvalue weighted by Gasteiger charge is 2.51. The largest absolute Gasteiger partial charge is 0.394 e. The molecule has 0 saturated carbocycles. The standard InChI is InChI=1S/C20H25N3O2/c1-14(2)5-6-15-7-9-16(10-8-15)20-17(11-21)23(18(20)13-24)19(25)12-22(3)4/h7-10,14,17-18,20,24H,12-13H2,1-4H3/t17-,18-,20+/m0/s1. The Morgan fingerprint density at radius 3 is 2.44 bits per heavy atom. The van der Waals surface area contributed by atoms with Gasteiger partial charge in [0.1, 0.15) is 6.04 Å². The minimum Gasteiger partial charge on any atom is -0.394 e. The number of likely N-dealkylation sites (N-methyl/N-ethyl adjacent to an activating group) is 1. The second kappa shape index (κ2) is 8.16. The molecule has 0 bridgehead atoms. The Kier molecular flexibility index (Phi) is 6.20. The van der Waals surface area contributed by atoms with Crippen LogP contribution in [0.1, 0.15) is 30.9 Å². The predicted molar refractivity (Wildman–Crippen MR) is 96.6 cm³/mol. The quantitative estimate of drug-likeness (QED) is 0.843. The number of amides is 1. The molecule has 25 heavy (non-hydrogen) atoms. The van der Waals surface area contributed by atoms with Crippen molar-refractivity contribution in [3.05, 3.63) is 35.4 Å². The van der Waals surface area contributed by atoms with Crippen LogP contribution in [0.15, 0.2) is 24.3 Å². The number of hydrogen-bond donors (Lipinski definition) is 1. The summed E-state index contributed by atoms with van der Waals surface area (Å²) < 4.78 is 0. The third kappa shape index (κ3) is 4.20. The zero-order valence-electron chi connectivity index (χ0n) is 15.2. The van der Waals surface area contributed by atoms with Crippen molar-refractivity contribution < 1.29 is 9.90 Å². The van der Waals surface area contributed by atoms with Crippen LogP contribution in [0, 0.1) is 29.1 Å². The Balaban J connectivity index is 2.20. The summed E-state index contributed by atoms with van der Waals surface area (Å²) in [5, 5.41) is 19.3. The number of carbonyl (C=O) groups excluding carboxylic acids is 1. The molecular weight excluding hydrogens is 314 g/mol. The molecule has 2 rings (SSSR count). The molecule has 0 aromatic heterocycles. The van der Waals surface area contributed by atoms with E-state index in [-0.39, 0.29) is 31.0 Å². The monoisotopic (exact) mass is 339 g/mol. The van der Waals surface area contributed by atoms with Crippen molar-refractivity contribution in [3.63, 3.8) is 0 Å². The molecule has 1 aliphatic rings. The number of carbonyl (C=O) groups is 1. The van der Waals surface area contributed by atoms with Gasteiger partial charge in [0.2, 0.25) is 5.91 Å². The van der Waals surface area contributed by atoms with Crippen LogP contribution in [0.4, 0.5) is 0 Å². The fourth-order valence-electron chi connectivity index (χ4n) is 3.12. The Morgan fingerprint density at radius 2 is 1.96 bits per heavy atom. The third-order valence-corrected chi connectivity index (χ3v) is 4.27. The summed E-state index contributed by atoms with van der Waals surface area (Å²) in [6, 6.07) is 9.06. The lowest BCUT2D eigenvalue weighted by molar-refractivity contribution is -0.147. The number of hydrogen-bond acceptors (Lipinski definition) is 4. The molecule has 0 aliphatic carbocycles. The lowest BCUT2D eigenvalue weighted by Crippen LogP contribution is -2.66. The summed E-state index contributed by atoms with van der Waals surface area (Å²) in [5.41, 5.74) is 1.88. The van der Waals surface area contributed by atoms with Gasteiger partial charge in [0.05, 0.1) is 25.3 Å². The highest BCUT2D eigenvalue weighted by Crippen LogP contribution is 2.40. The molecule has 0 radical (unpaired) electrons. The molecule has 1 amide bonds. The first-order valence-electron chi connectivity index (χ1n) is 8.47. The van der Waals surface area contributed by atoms with Crippen molar-refractivity contribution in [1.82, 2.24) is 9.80 Å². The lowest BCUT2D eigenvalue weighted by Gasteiger charge is -2.51. The van der Waals surface area contributed by atoms with E-state index in [0.717, 1.165) is 11.1 Å². The van der Waals surface area contributed by atoms with Gasteiger partial charge in [0.15, 0.2) is 0 Å². The van der Waals surface area contributed by atoms with E-state index in [9.17, 15) is 15.2 Å². The van der Waals surface area contributed by atoms with E-state index in [0.29, 0.717) is 5.92 Å². The van der Waals surface area contributed by atoms with Crippen molar-refractivity contribution in [1.29, 1.82) is 5.26 Å². The first kappa shape index (κ1) is 19.0. The van der Waals surface area contributed by atoms with Crippen LogP contribution >= 0.6 is 0 Å². The first-order chi connectivity index (χ1) is 11.9. The number of aliphatic hydroxyl groups excluding tert-OH is 1. The van der Waals surface area contributed by atoms with Crippen LogP contribution in [0.5, 0.6) is 0 Å². The van der Waals surface area contributed by atoms with Gasteiger partial charge in [-0.1, -0.05) is 37.8 Å². The lowest BCUT2D eigenvalue weighted by atomic mass is 9.75. The van der Waals surface area contributed by atoms with Gasteiger partial charge < -0.3 is 14.9 Å². The van der Waals surface area contributed by atoms with Crippen LogP contribution in [0.25, 0.3) is 0 Å². The zero-order valence-corrected chi connectivity index (χ0v) is 15.2. The van der Waals surface area contributed by atoms with E-state index in [1.807, 2.05) is 38.1 Å². The fourth-order valence-corrected chi connectivity index (χ4v) is 3.12. The van der Waals surface area contributed by atoms with E-state index >= 15 is 0 Å². The topological polar surface area (TPSA) is 67.6 Å². The Morgan fingerprint density at radius 1 is 1.32 bits per heavy atom. The van der Waals surface area contributed by atoms with Gasteiger partial charge in [-0.25, -0.2) is 0 Å². The van der Waals surface area contributed by atoms with Crippen molar-refractivity contribution in [3.8, 4) is 17.9 Å². The third-order valence-electron chi connectivity index (χ3n) is 4.27. The van der Waals surface area contributed by atoms with Gasteiger partial charge in [0.25, 0.3) is 0 Å². The smallest absolute Gasteiger partial charge is 0.238 e. The van der Waals surface area contributed by atoms with Crippen molar-refractivity contribution in [2.24, 2.45) is 5.92 Å². The summed E-state index contributed by atoms with van der Waals surface area (Å²) in [5.74, 6) is 6.23. The van der Waals surface area contributed by atoms with Crippen molar-refractivity contribution >= 4 is 5.91 Å². The maximum Gasteiger partial charge on any atom is 0.238 e. The molecule has 5 nitrogen and oxygen atoms in total. The molecular formula is C20H25N3O2. The van der Waals surface area contributed by atoms with Crippen LogP contribution < -0.4 is 0 Å². The second-order valence-electron chi connectivity index (χ2n) is 6.93. The van der Waals surface area contributed by atoms with Gasteiger partial charge >= 0.3 is 0 Å². The van der Waals surface area contributed by atoms with E-state index in [2.05, 4.69) is 17.9 Å². The van der Waals surface area contributed by atoms with Gasteiger partial charge in [-0.2, -0.15) is 5.26 Å². The molecule has 0 spiro atoms. The highest BCUT2D eigenvalue weighted by molar-refractivity contribution is 5.81. The predicted octanol–water partition coefficient (Wildman–Crippen LogP) is 1.43. The molecule has 0 unspecified atom stereocenters. The number of rotatable bonds is 4. The minimum absolute atomic E-state index is 0.133. The average molecular weight is 339 g/mol. The fraction of sp³-hybridized carbons (Fsp3) is 0.500. The zero-order chi connectivity index (χ0) is 18.6. The Bertz CT molecular complexity index is 707. The van der Waals surface area contributed by atoms with Gasteiger partial charge in [-0.15, -0.1) is 0 Å². The summed E-state index contributed by atoms with van der Waals surface area (Å²) >= 11 is 0. The summed E-state index contributed by atoms with van der Waals surface area (Å²) in [6.45, 7) is 4.15. The van der Waals surface area contributed by atoms with E-state index in [1.54, 1.807) is 19.0 Å². The van der Waals surface area contributed by atoms with Crippen molar-refractivity contribution in [2.75, 3.05) is 27.2 Å². The van der Waals surface area contributed by atoms with Gasteiger partial charge in [0, 0.05) is 17.4 Å². The summed E-state index contributed by atoms with van der Waals surface area (Å²) in [7, 11) is 3.61. The van der Waals surface area contributed by atoms with Gasteiger partial charge in [-0.3, -0.25) is 4.79 Å². The second-order valence-corrected chi connectivity index (χ2v) is 6.93. The normalized spacial score (nSPS) is 22.2. The SMILES string of the molecule is CC(C)C#Cc1ccc([C@@H]2[C@H](C#N)N(C(=O)CN(C)C)[C@H]2CO)cc1. The van der Waals surface area contributed by atoms with Crippen LogP contribution in [-0.4, -0.2) is 60.1 Å². The van der Waals surface area contributed by atoms with E-state index in [4.69, 9.17) is 0 Å². The molecule has 1 aromatic rings. The molecule has 1 aromatic carbocycles. The Labute approximate surface area is 149 Å². The Hall–Kier alpha value is -2.34. The molecule has 3 atom stereocenters. The van der Waals surface area contributed by atoms with Crippen molar-refractivity contribution in [2.45, 2.75) is 31.8 Å². The first-order valence-corrected chi connectivity index (χ1v) is 8.47. The molecule has 5 heteroatoms. The molecule has 1 fully saturated rings. The van der Waals surface area contributed by atoms with Crippen LogP contribution in [-0.2, 0) is 4.79 Å². The average Bonchev–Trinajstić information content (AvgIpc) is 2.53. The number of nitrogens with zero attached hydrogens (tertiary/aromatic N) is 3. The van der Waals surface area contributed by atoms with E-state index < -0.39 is 6.04 Å². The minimum atomic E-state index is -0.544. The summed E-state index contributed by atoms with van der Waals surface area (Å²) in [4.78, 5) is 15.6. The molecule has 1 N–H and O–H groups in total. The number of likely N-dealkylation sites (tertiary alicyclic amines) is 1. The summed E-state index contributed by atoms with van der Waals surface area (Å²) in [6.07, 6.45) is 0. The maximum atomic E-state index is 12.4. The number of nitriles is 1. The van der Waals surface area contributed by atoms with Crippen LogP contribution in [0.2, 0.25) is 0 Å². The molecule has 1 aliphatic heterocycles. The molecule has 1 heterocycles. The number of aliphatic hydroxyl groups is 1. The molecule has 1 saturated heterocycles. The number of benzene rings is 1.